The Balaban J connectivity index is 2.15. The van der Waals surface area contributed by atoms with Crippen LogP contribution >= 0.6 is 0 Å². The molecular formula is C19H21N4+. The number of H-pyrrole nitrogens is 1. The van der Waals surface area contributed by atoms with Gasteiger partial charge in [-0.2, -0.15) is 9.66 Å². The summed E-state index contributed by atoms with van der Waals surface area (Å²) in [7, 11) is 0. The van der Waals surface area contributed by atoms with E-state index < -0.39 is 0 Å². The maximum Gasteiger partial charge on any atom is 0.250 e. The molecule has 1 aliphatic rings. The standard InChI is InChI=1S/C19H20N4/c1-2-11-21-18-14-8-4-3-7-13(14)15(12-20)19-22-16-9-5-6-10-17(16)23(18)19/h5-6,9-10H,2-4,7-8,11H2,1H3,(H,21,22)/p+1. The Morgan fingerprint density at radius 2 is 2.00 bits per heavy atom. The summed E-state index contributed by atoms with van der Waals surface area (Å²) in [5, 5.41) is 13.4. The van der Waals surface area contributed by atoms with E-state index in [1.807, 2.05) is 6.07 Å². The Bertz CT molecular complexity index is 930. The summed E-state index contributed by atoms with van der Waals surface area (Å²) < 4.78 is 2.22. The molecule has 0 spiro atoms. The second kappa shape index (κ2) is 5.58. The van der Waals surface area contributed by atoms with E-state index in [1.165, 1.54) is 29.8 Å². The van der Waals surface area contributed by atoms with Crippen LogP contribution in [0.1, 0.15) is 42.9 Å². The average Bonchev–Trinajstić information content (AvgIpc) is 2.98. The van der Waals surface area contributed by atoms with Crippen molar-refractivity contribution in [3.05, 3.63) is 41.0 Å². The summed E-state index contributed by atoms with van der Waals surface area (Å²) >= 11 is 0. The summed E-state index contributed by atoms with van der Waals surface area (Å²) in [5.41, 5.74) is 6.52. The lowest BCUT2D eigenvalue weighted by Gasteiger charge is -2.19. The monoisotopic (exact) mass is 305 g/mol. The number of nitriles is 1. The number of anilines is 1. The van der Waals surface area contributed by atoms with Crippen molar-refractivity contribution in [2.45, 2.75) is 39.0 Å². The number of aromatic nitrogens is 2. The highest BCUT2D eigenvalue weighted by Gasteiger charge is 2.28. The fraction of sp³-hybridized carbons (Fsp3) is 0.368. The van der Waals surface area contributed by atoms with Gasteiger partial charge in [0.2, 0.25) is 11.5 Å². The number of hydrogen-bond acceptors (Lipinski definition) is 2. The highest BCUT2D eigenvalue weighted by Crippen LogP contribution is 2.31. The molecule has 4 heteroatoms. The fourth-order valence-corrected chi connectivity index (χ4v) is 3.75. The molecule has 0 unspecified atom stereocenters. The first-order valence-corrected chi connectivity index (χ1v) is 8.49. The summed E-state index contributed by atoms with van der Waals surface area (Å²) in [4.78, 5) is 3.46. The number of benzene rings is 1. The second-order valence-electron chi connectivity index (χ2n) is 6.25. The first-order valence-electron chi connectivity index (χ1n) is 8.49. The highest BCUT2D eigenvalue weighted by atomic mass is 15.1. The lowest BCUT2D eigenvalue weighted by Crippen LogP contribution is -2.31. The van der Waals surface area contributed by atoms with Crippen molar-refractivity contribution in [3.8, 4) is 6.07 Å². The van der Waals surface area contributed by atoms with Crippen molar-refractivity contribution in [2.75, 3.05) is 11.9 Å². The maximum atomic E-state index is 9.78. The summed E-state index contributed by atoms with van der Waals surface area (Å²) in [6.45, 7) is 3.13. The van der Waals surface area contributed by atoms with Crippen LogP contribution in [0.25, 0.3) is 16.7 Å². The Morgan fingerprint density at radius 3 is 2.78 bits per heavy atom. The van der Waals surface area contributed by atoms with E-state index in [2.05, 4.69) is 45.9 Å². The summed E-state index contributed by atoms with van der Waals surface area (Å²) in [6, 6.07) is 10.7. The summed E-state index contributed by atoms with van der Waals surface area (Å²) in [5.74, 6) is 1.17. The predicted octanol–water partition coefficient (Wildman–Crippen LogP) is 3.48. The van der Waals surface area contributed by atoms with Gasteiger partial charge in [0.05, 0.1) is 6.54 Å². The van der Waals surface area contributed by atoms with E-state index in [4.69, 9.17) is 0 Å². The molecule has 0 radical (unpaired) electrons. The molecule has 3 aromatic rings. The lowest BCUT2D eigenvalue weighted by atomic mass is 9.89. The van der Waals surface area contributed by atoms with Crippen molar-refractivity contribution >= 4 is 22.5 Å². The van der Waals surface area contributed by atoms with Gasteiger partial charge in [0, 0.05) is 5.56 Å². The fourth-order valence-electron chi connectivity index (χ4n) is 3.75. The SMILES string of the molecule is CCCNc1c2c(c(C#N)c3[nH]c4ccccc4[n+]13)CCCC2. The van der Waals surface area contributed by atoms with Crippen molar-refractivity contribution in [2.24, 2.45) is 0 Å². The number of pyridine rings is 1. The summed E-state index contributed by atoms with van der Waals surface area (Å²) in [6.07, 6.45) is 5.51. The number of aromatic amines is 1. The van der Waals surface area contributed by atoms with Crippen LogP contribution in [0.5, 0.6) is 0 Å². The van der Waals surface area contributed by atoms with Crippen LogP contribution in [0.3, 0.4) is 0 Å². The molecule has 0 saturated carbocycles. The van der Waals surface area contributed by atoms with Gasteiger partial charge >= 0.3 is 0 Å². The Morgan fingerprint density at radius 1 is 1.22 bits per heavy atom. The number of para-hydroxylation sites is 2. The molecule has 2 N–H and O–H groups in total. The first kappa shape index (κ1) is 14.1. The molecule has 23 heavy (non-hydrogen) atoms. The minimum Gasteiger partial charge on any atom is -0.305 e. The third kappa shape index (κ3) is 2.08. The molecule has 4 rings (SSSR count). The minimum absolute atomic E-state index is 0.818. The van der Waals surface area contributed by atoms with E-state index in [-0.39, 0.29) is 0 Å². The van der Waals surface area contributed by atoms with Crippen LogP contribution < -0.4 is 9.72 Å². The van der Waals surface area contributed by atoms with Gasteiger partial charge in [-0.25, -0.2) is 0 Å². The zero-order valence-electron chi connectivity index (χ0n) is 13.4. The highest BCUT2D eigenvalue weighted by molar-refractivity contribution is 5.78. The maximum absolute atomic E-state index is 9.78. The van der Waals surface area contributed by atoms with E-state index in [9.17, 15) is 5.26 Å². The van der Waals surface area contributed by atoms with Crippen molar-refractivity contribution in [3.63, 3.8) is 0 Å². The number of imidazole rings is 1. The van der Waals surface area contributed by atoms with Gasteiger partial charge in [-0.15, -0.1) is 0 Å². The zero-order chi connectivity index (χ0) is 15.8. The van der Waals surface area contributed by atoms with Gasteiger partial charge in [0.25, 0.3) is 0 Å². The van der Waals surface area contributed by atoms with Gasteiger partial charge in [0.1, 0.15) is 22.7 Å². The van der Waals surface area contributed by atoms with Gasteiger partial charge in [-0.3, -0.25) is 4.98 Å². The normalized spacial score (nSPS) is 13.9. The number of rotatable bonds is 3. The van der Waals surface area contributed by atoms with Crippen LogP contribution in [0.15, 0.2) is 24.3 Å². The third-order valence-corrected chi connectivity index (χ3v) is 4.79. The molecular weight excluding hydrogens is 284 g/mol. The molecule has 0 amide bonds. The number of hydrogen-bond donors (Lipinski definition) is 2. The quantitative estimate of drug-likeness (QED) is 0.728. The Labute approximate surface area is 135 Å². The first-order chi connectivity index (χ1) is 11.3. The number of nitrogens with zero attached hydrogens (tertiary/aromatic N) is 2. The van der Waals surface area contributed by atoms with Gasteiger partial charge in [0.15, 0.2) is 0 Å². The van der Waals surface area contributed by atoms with Gasteiger partial charge in [-0.05, 0) is 49.8 Å². The van der Waals surface area contributed by atoms with Crippen molar-refractivity contribution in [1.82, 2.24) is 4.98 Å². The van der Waals surface area contributed by atoms with Crippen molar-refractivity contribution < 1.29 is 4.40 Å². The van der Waals surface area contributed by atoms with Crippen LogP contribution in [0.2, 0.25) is 0 Å². The van der Waals surface area contributed by atoms with E-state index in [0.29, 0.717) is 0 Å². The minimum atomic E-state index is 0.818. The Hall–Kier alpha value is -2.54. The molecule has 0 fully saturated rings. The van der Waals surface area contributed by atoms with Crippen LogP contribution in [0, 0.1) is 11.3 Å². The van der Waals surface area contributed by atoms with Gasteiger partial charge in [-0.1, -0.05) is 19.1 Å². The molecule has 1 aromatic carbocycles. The van der Waals surface area contributed by atoms with Crippen LogP contribution in [-0.4, -0.2) is 11.5 Å². The lowest BCUT2D eigenvalue weighted by molar-refractivity contribution is -0.465. The topological polar surface area (TPSA) is 55.7 Å². The largest absolute Gasteiger partial charge is 0.305 e. The second-order valence-corrected chi connectivity index (χ2v) is 6.25. The van der Waals surface area contributed by atoms with Crippen LogP contribution in [-0.2, 0) is 12.8 Å². The molecule has 2 aromatic heterocycles. The molecule has 4 nitrogen and oxygen atoms in total. The number of fused-ring (bicyclic) bond motifs is 4. The molecule has 0 atom stereocenters. The predicted molar refractivity (Wildman–Crippen MR) is 91.6 cm³/mol. The van der Waals surface area contributed by atoms with E-state index >= 15 is 0 Å². The van der Waals surface area contributed by atoms with Crippen LogP contribution in [0.4, 0.5) is 5.82 Å². The smallest absolute Gasteiger partial charge is 0.250 e. The van der Waals surface area contributed by atoms with E-state index in [0.717, 1.165) is 48.1 Å². The molecule has 2 heterocycles. The molecule has 0 aliphatic heterocycles. The van der Waals surface area contributed by atoms with Gasteiger partial charge < -0.3 is 5.32 Å². The van der Waals surface area contributed by atoms with Crippen molar-refractivity contribution in [1.29, 1.82) is 5.26 Å². The molecule has 0 bridgehead atoms. The molecule has 1 aliphatic carbocycles. The third-order valence-electron chi connectivity index (χ3n) is 4.79. The zero-order valence-corrected chi connectivity index (χ0v) is 13.4. The Kier molecular flexibility index (Phi) is 3.42. The number of nitrogens with one attached hydrogen (secondary N) is 2. The molecule has 116 valence electrons. The molecule has 0 saturated heterocycles. The average molecular weight is 305 g/mol. The van der Waals surface area contributed by atoms with E-state index in [1.54, 1.807) is 0 Å².